The van der Waals surface area contributed by atoms with E-state index in [0.29, 0.717) is 32.5 Å². The number of carbonyl (C=O) groups is 1. The van der Waals surface area contributed by atoms with E-state index in [1.807, 2.05) is 4.90 Å². The normalized spacial score (nSPS) is 12.6. The van der Waals surface area contributed by atoms with Crippen LogP contribution in [-0.2, 0) is 4.79 Å². The van der Waals surface area contributed by atoms with Gasteiger partial charge >= 0.3 is 5.91 Å². The van der Waals surface area contributed by atoms with Gasteiger partial charge in [-0.05, 0) is 6.42 Å². The van der Waals surface area contributed by atoms with E-state index in [2.05, 4.69) is 6.92 Å². The van der Waals surface area contributed by atoms with Gasteiger partial charge in [0.25, 0.3) is 0 Å². The Morgan fingerprint density at radius 1 is 0.778 bits per heavy atom. The van der Waals surface area contributed by atoms with E-state index in [-0.39, 0.29) is 30.7 Å². The first-order chi connectivity index (χ1) is 13.2. The Hall–Kier alpha value is -0.530. The lowest BCUT2D eigenvalue weighted by atomic mass is 10.1. The van der Waals surface area contributed by atoms with Crippen molar-refractivity contribution >= 4 is 5.91 Å². The third-order valence-corrected chi connectivity index (χ3v) is 5.03. The first kappa shape index (κ1) is 26.5. The quantitative estimate of drug-likeness (QED) is 0.220. The number of unbranched alkanes of at least 4 members (excludes halogenated alkanes) is 10. The van der Waals surface area contributed by atoms with Gasteiger partial charge in [-0.15, -0.1) is 0 Å². The van der Waals surface area contributed by atoms with Crippen LogP contribution in [0.1, 0.15) is 90.4 Å². The highest BCUT2D eigenvalue weighted by molar-refractivity contribution is 5.66. The second-order valence-corrected chi connectivity index (χ2v) is 7.52. The molecule has 0 spiro atoms. The summed E-state index contributed by atoms with van der Waals surface area (Å²) in [7, 11) is 0. The highest BCUT2D eigenvalue weighted by atomic mass is 16.5. The number of nitrogens with zero attached hydrogens (tertiary/aromatic N) is 1. The van der Waals surface area contributed by atoms with Gasteiger partial charge in [0.2, 0.25) is 0 Å². The number of aliphatic hydroxyl groups excluding tert-OH is 2. The molecule has 0 bridgehead atoms. The minimum Gasteiger partial charge on any atom is -0.627 e. The van der Waals surface area contributed by atoms with Gasteiger partial charge < -0.3 is 20.5 Å². The number of hydrogen-bond acceptors (Lipinski definition) is 5. The molecular weight excluding hydrogens is 344 g/mol. The maximum atomic E-state index is 11.9. The molecule has 0 saturated carbocycles. The Balaban J connectivity index is 3.52. The zero-order valence-electron chi connectivity index (χ0n) is 17.6. The Kier molecular flexibility index (Phi) is 19.8. The van der Waals surface area contributed by atoms with Crippen LogP contribution < -0.4 is 5.06 Å². The van der Waals surface area contributed by atoms with Crippen LogP contribution in [0, 0.1) is 5.21 Å². The van der Waals surface area contributed by atoms with Crippen molar-refractivity contribution in [2.45, 2.75) is 90.4 Å². The van der Waals surface area contributed by atoms with Crippen LogP contribution in [0.2, 0.25) is 0 Å². The van der Waals surface area contributed by atoms with Crippen molar-refractivity contribution in [1.29, 1.82) is 0 Å². The Bertz CT molecular complexity index is 323. The Morgan fingerprint density at radius 2 is 1.26 bits per heavy atom. The molecule has 1 atom stereocenters. The molecule has 0 aliphatic carbocycles. The van der Waals surface area contributed by atoms with Crippen molar-refractivity contribution in [3.63, 3.8) is 0 Å². The average Bonchev–Trinajstić information content (AvgIpc) is 2.66. The van der Waals surface area contributed by atoms with Crippen LogP contribution in [0.25, 0.3) is 0 Å². The Labute approximate surface area is 166 Å². The van der Waals surface area contributed by atoms with E-state index < -0.39 is 0 Å². The Morgan fingerprint density at radius 3 is 1.74 bits per heavy atom. The summed E-state index contributed by atoms with van der Waals surface area (Å²) in [6.45, 7) is 4.17. The summed E-state index contributed by atoms with van der Waals surface area (Å²) >= 11 is 0. The van der Waals surface area contributed by atoms with E-state index in [9.17, 15) is 10.0 Å². The maximum absolute atomic E-state index is 11.9. The molecule has 3 N–H and O–H groups in total. The molecule has 162 valence electrons. The SMILES string of the molecule is CCCCCCCCCCCCCC(=O)[NH+]([O-])CCCN(CCO)CCO. The van der Waals surface area contributed by atoms with E-state index in [0.717, 1.165) is 19.3 Å². The molecule has 0 aliphatic heterocycles. The smallest absolute Gasteiger partial charge is 0.312 e. The lowest BCUT2D eigenvalue weighted by molar-refractivity contribution is -0.765. The maximum Gasteiger partial charge on any atom is 0.312 e. The standard InChI is InChI=1S/C21H44N2O4/c1-2-3-4-5-6-7-8-9-10-11-12-14-21(26)23(27)16-13-15-22(17-19-24)18-20-25/h23-25H,2-20H2,1H3. The number of hydrogen-bond donors (Lipinski definition) is 3. The van der Waals surface area contributed by atoms with Gasteiger partial charge in [0, 0.05) is 26.1 Å². The van der Waals surface area contributed by atoms with Gasteiger partial charge in [-0.25, -0.2) is 4.79 Å². The molecule has 0 aromatic heterocycles. The van der Waals surface area contributed by atoms with Gasteiger partial charge in [0.05, 0.1) is 26.2 Å². The van der Waals surface area contributed by atoms with Crippen molar-refractivity contribution in [2.75, 3.05) is 39.4 Å². The van der Waals surface area contributed by atoms with Gasteiger partial charge in [-0.3, -0.25) is 4.90 Å². The van der Waals surface area contributed by atoms with Crippen molar-refractivity contribution in [3.8, 4) is 0 Å². The molecule has 0 aromatic carbocycles. The van der Waals surface area contributed by atoms with Crippen molar-refractivity contribution < 1.29 is 20.1 Å². The molecule has 0 fully saturated rings. The van der Waals surface area contributed by atoms with Crippen LogP contribution in [0.4, 0.5) is 0 Å². The minimum absolute atomic E-state index is 0.0335. The molecule has 0 aromatic rings. The third kappa shape index (κ3) is 17.3. The summed E-state index contributed by atoms with van der Waals surface area (Å²) in [5.74, 6) is -0.234. The molecule has 0 rings (SSSR count). The molecule has 0 radical (unpaired) electrons. The summed E-state index contributed by atoms with van der Waals surface area (Å²) in [6.07, 6.45) is 14.6. The highest BCUT2D eigenvalue weighted by Crippen LogP contribution is 2.11. The predicted molar refractivity (Wildman–Crippen MR) is 111 cm³/mol. The predicted octanol–water partition coefficient (Wildman–Crippen LogP) is 2.27. The van der Waals surface area contributed by atoms with E-state index in [1.165, 1.54) is 51.4 Å². The van der Waals surface area contributed by atoms with Gasteiger partial charge in [0.15, 0.2) is 0 Å². The van der Waals surface area contributed by atoms with Crippen molar-refractivity contribution in [2.24, 2.45) is 0 Å². The first-order valence-electron chi connectivity index (χ1n) is 11.2. The highest BCUT2D eigenvalue weighted by Gasteiger charge is 2.11. The number of carbonyl (C=O) groups excluding carboxylic acids is 1. The first-order valence-corrected chi connectivity index (χ1v) is 11.2. The molecule has 0 aliphatic rings. The number of hydroxylamine groups is 2. The van der Waals surface area contributed by atoms with Crippen LogP contribution >= 0.6 is 0 Å². The monoisotopic (exact) mass is 388 g/mol. The summed E-state index contributed by atoms with van der Waals surface area (Å²) in [5, 5.41) is 29.5. The average molecular weight is 389 g/mol. The number of aliphatic hydroxyl groups is 2. The van der Waals surface area contributed by atoms with Crippen molar-refractivity contribution in [1.82, 2.24) is 4.90 Å². The molecule has 1 unspecified atom stereocenters. The second kappa shape index (κ2) is 20.2. The molecule has 1 amide bonds. The van der Waals surface area contributed by atoms with Crippen molar-refractivity contribution in [3.05, 3.63) is 5.21 Å². The van der Waals surface area contributed by atoms with Crippen LogP contribution in [0.5, 0.6) is 0 Å². The van der Waals surface area contributed by atoms with E-state index in [1.54, 1.807) is 0 Å². The van der Waals surface area contributed by atoms with Gasteiger partial charge in [-0.2, -0.15) is 0 Å². The van der Waals surface area contributed by atoms with Crippen LogP contribution in [0.3, 0.4) is 0 Å². The van der Waals surface area contributed by atoms with Gasteiger partial charge in [-0.1, -0.05) is 71.1 Å². The molecular formula is C21H44N2O4. The molecule has 6 heteroatoms. The number of amides is 1. The largest absolute Gasteiger partial charge is 0.627 e. The third-order valence-electron chi connectivity index (χ3n) is 5.03. The lowest BCUT2D eigenvalue weighted by Gasteiger charge is -2.23. The van der Waals surface area contributed by atoms with Crippen LogP contribution in [0.15, 0.2) is 0 Å². The minimum atomic E-state index is -0.268. The number of rotatable bonds is 20. The second-order valence-electron chi connectivity index (χ2n) is 7.52. The molecule has 6 nitrogen and oxygen atoms in total. The fraction of sp³-hybridized carbons (Fsp3) is 0.952. The molecule has 0 heterocycles. The number of quaternary nitrogens is 1. The summed E-state index contributed by atoms with van der Waals surface area (Å²) in [5.41, 5.74) is 0. The fourth-order valence-corrected chi connectivity index (χ4v) is 3.31. The van der Waals surface area contributed by atoms with Crippen LogP contribution in [-0.4, -0.2) is 60.4 Å². The number of nitrogens with one attached hydrogen (secondary N) is 1. The van der Waals surface area contributed by atoms with E-state index >= 15 is 0 Å². The molecule has 27 heavy (non-hydrogen) atoms. The fourth-order valence-electron chi connectivity index (χ4n) is 3.31. The summed E-state index contributed by atoms with van der Waals surface area (Å²) in [6, 6.07) is 0. The summed E-state index contributed by atoms with van der Waals surface area (Å²) < 4.78 is 0. The zero-order chi connectivity index (χ0) is 20.2. The lowest BCUT2D eigenvalue weighted by Crippen LogP contribution is -3.10. The topological polar surface area (TPSA) is 88.3 Å². The van der Waals surface area contributed by atoms with Gasteiger partial charge in [0.1, 0.15) is 0 Å². The molecule has 0 saturated heterocycles. The summed E-state index contributed by atoms with van der Waals surface area (Å²) in [4.78, 5) is 13.8. The zero-order valence-corrected chi connectivity index (χ0v) is 17.6. The van der Waals surface area contributed by atoms with E-state index in [4.69, 9.17) is 10.2 Å².